The molecular formula is C31H26FN5O2. The fraction of sp³-hybridized carbons (Fsp3) is 0.0968. The van der Waals surface area contributed by atoms with Gasteiger partial charge in [0.2, 0.25) is 5.95 Å². The molecule has 0 fully saturated rings. The molecule has 0 aliphatic heterocycles. The first-order valence-corrected chi connectivity index (χ1v) is 12.3. The van der Waals surface area contributed by atoms with Crippen molar-refractivity contribution < 1.29 is 14.0 Å². The van der Waals surface area contributed by atoms with Crippen LogP contribution < -0.4 is 15.5 Å². The highest BCUT2D eigenvalue weighted by Crippen LogP contribution is 2.29. The Bertz CT molecular complexity index is 1630. The van der Waals surface area contributed by atoms with E-state index in [9.17, 15) is 14.0 Å². The fourth-order valence-corrected chi connectivity index (χ4v) is 4.08. The number of rotatable bonds is 8. The van der Waals surface area contributed by atoms with Gasteiger partial charge in [0.25, 0.3) is 5.91 Å². The lowest BCUT2D eigenvalue weighted by molar-refractivity contribution is 0.102. The maximum atomic E-state index is 13.1. The van der Waals surface area contributed by atoms with Crippen LogP contribution in [0.5, 0.6) is 0 Å². The topological polar surface area (TPSA) is 87.2 Å². The molecule has 194 valence electrons. The van der Waals surface area contributed by atoms with Gasteiger partial charge in [-0.05, 0) is 65.2 Å². The van der Waals surface area contributed by atoms with E-state index >= 15 is 0 Å². The Morgan fingerprint density at radius 3 is 2.23 bits per heavy atom. The predicted molar refractivity (Wildman–Crippen MR) is 153 cm³/mol. The van der Waals surface area contributed by atoms with E-state index < -0.39 is 0 Å². The van der Waals surface area contributed by atoms with E-state index in [0.29, 0.717) is 35.1 Å². The summed E-state index contributed by atoms with van der Waals surface area (Å²) in [7, 11) is 3.79. The number of carbonyl (C=O) groups excluding carboxylic acids is 2. The van der Waals surface area contributed by atoms with Crippen LogP contribution in [-0.4, -0.2) is 36.3 Å². The van der Waals surface area contributed by atoms with E-state index in [1.807, 2.05) is 73.6 Å². The molecule has 0 saturated carbocycles. The molecule has 4 aromatic carbocycles. The van der Waals surface area contributed by atoms with E-state index in [2.05, 4.69) is 10.6 Å². The third-order valence-electron chi connectivity index (χ3n) is 6.24. The summed E-state index contributed by atoms with van der Waals surface area (Å²) < 4.78 is 13.1. The van der Waals surface area contributed by atoms with Crippen molar-refractivity contribution in [3.8, 4) is 11.1 Å². The van der Waals surface area contributed by atoms with Crippen molar-refractivity contribution in [2.24, 2.45) is 0 Å². The number of benzene rings is 4. The number of fused-ring (bicyclic) bond motifs is 1. The number of aromatic nitrogens is 2. The number of hydrogen-bond acceptors (Lipinski definition) is 6. The molecule has 5 rings (SSSR count). The van der Waals surface area contributed by atoms with Crippen LogP contribution in [0.3, 0.4) is 0 Å². The molecule has 7 nitrogen and oxygen atoms in total. The summed E-state index contributed by atoms with van der Waals surface area (Å²) in [5.41, 5.74) is 5.44. The second-order valence-corrected chi connectivity index (χ2v) is 9.25. The number of anilines is 3. The zero-order chi connectivity index (χ0) is 27.4. The van der Waals surface area contributed by atoms with Gasteiger partial charge in [-0.2, -0.15) is 4.98 Å². The van der Waals surface area contributed by atoms with Gasteiger partial charge in [-0.3, -0.25) is 9.59 Å². The van der Waals surface area contributed by atoms with Crippen molar-refractivity contribution in [3.63, 3.8) is 0 Å². The average molecular weight is 520 g/mol. The van der Waals surface area contributed by atoms with Crippen LogP contribution >= 0.6 is 0 Å². The lowest BCUT2D eigenvalue weighted by Gasteiger charge is -2.16. The molecule has 1 heterocycles. The third-order valence-corrected chi connectivity index (χ3v) is 6.24. The van der Waals surface area contributed by atoms with Crippen LogP contribution in [-0.2, 0) is 6.54 Å². The Labute approximate surface area is 225 Å². The van der Waals surface area contributed by atoms with Crippen LogP contribution in [0.2, 0.25) is 0 Å². The van der Waals surface area contributed by atoms with E-state index in [1.54, 1.807) is 12.1 Å². The zero-order valence-electron chi connectivity index (χ0n) is 21.5. The highest BCUT2D eigenvalue weighted by atomic mass is 19.1. The molecule has 0 aliphatic carbocycles. The van der Waals surface area contributed by atoms with Gasteiger partial charge in [0.1, 0.15) is 17.9 Å². The lowest BCUT2D eigenvalue weighted by Crippen LogP contribution is -2.14. The number of carbonyl (C=O) groups is 2. The minimum Gasteiger partial charge on any atom is -0.365 e. The van der Waals surface area contributed by atoms with Gasteiger partial charge >= 0.3 is 0 Å². The molecule has 39 heavy (non-hydrogen) atoms. The van der Waals surface area contributed by atoms with Gasteiger partial charge in [-0.1, -0.05) is 42.5 Å². The van der Waals surface area contributed by atoms with Crippen LogP contribution in [0.4, 0.5) is 21.8 Å². The van der Waals surface area contributed by atoms with Gasteiger partial charge in [0.15, 0.2) is 0 Å². The highest BCUT2D eigenvalue weighted by Gasteiger charge is 2.12. The molecule has 0 unspecified atom stereocenters. The molecule has 0 saturated heterocycles. The number of nitrogens with zero attached hydrogens (tertiary/aromatic N) is 3. The molecule has 0 bridgehead atoms. The van der Waals surface area contributed by atoms with Crippen LogP contribution in [0.15, 0.2) is 91.0 Å². The Hall–Kier alpha value is -5.11. The SMILES string of the molecule is CN(C)c1nc(NCc2ccc(NC(=O)c3ccc(F)cc3)cc2)c2ccc(-c3ccc(C=O)cc3)cc2n1. The molecule has 0 aliphatic rings. The highest BCUT2D eigenvalue weighted by molar-refractivity contribution is 6.04. The van der Waals surface area contributed by atoms with Crippen molar-refractivity contribution >= 4 is 40.5 Å². The predicted octanol–water partition coefficient (Wildman–Crippen LogP) is 6.18. The van der Waals surface area contributed by atoms with Gasteiger partial charge < -0.3 is 15.5 Å². The van der Waals surface area contributed by atoms with Crippen molar-refractivity contribution in [2.75, 3.05) is 29.6 Å². The second-order valence-electron chi connectivity index (χ2n) is 9.25. The molecule has 0 atom stereocenters. The first-order chi connectivity index (χ1) is 18.9. The maximum Gasteiger partial charge on any atom is 0.255 e. The molecule has 5 aromatic rings. The normalized spacial score (nSPS) is 10.7. The summed E-state index contributed by atoms with van der Waals surface area (Å²) >= 11 is 0. The standard InChI is InChI=1S/C31H26FN5O2/c1-37(2)31-35-28-17-24(22-7-3-21(19-38)4-8-22)11-16-27(28)29(36-31)33-18-20-5-14-26(15-6-20)34-30(39)23-9-12-25(32)13-10-23/h3-17,19H,18H2,1-2H3,(H,34,39)(H,33,35,36). The van der Waals surface area contributed by atoms with Crippen LogP contribution in [0.1, 0.15) is 26.3 Å². The molecule has 1 aromatic heterocycles. The van der Waals surface area contributed by atoms with Crippen molar-refractivity contribution in [2.45, 2.75) is 6.54 Å². The van der Waals surface area contributed by atoms with Gasteiger partial charge in [-0.15, -0.1) is 0 Å². The third kappa shape index (κ3) is 5.91. The average Bonchev–Trinajstić information content (AvgIpc) is 2.96. The second kappa shape index (κ2) is 11.1. The fourth-order valence-electron chi connectivity index (χ4n) is 4.08. The van der Waals surface area contributed by atoms with Gasteiger partial charge in [0, 0.05) is 42.8 Å². The molecule has 8 heteroatoms. The minimum atomic E-state index is -0.386. The lowest BCUT2D eigenvalue weighted by atomic mass is 10.0. The summed E-state index contributed by atoms with van der Waals surface area (Å²) in [6.07, 6.45) is 0.830. The smallest absolute Gasteiger partial charge is 0.255 e. The number of nitrogens with one attached hydrogen (secondary N) is 2. The van der Waals surface area contributed by atoms with Crippen molar-refractivity contribution in [1.82, 2.24) is 9.97 Å². The van der Waals surface area contributed by atoms with Crippen molar-refractivity contribution in [1.29, 1.82) is 0 Å². The first kappa shape index (κ1) is 25.5. The van der Waals surface area contributed by atoms with Crippen LogP contribution in [0.25, 0.3) is 22.0 Å². The monoisotopic (exact) mass is 519 g/mol. The van der Waals surface area contributed by atoms with E-state index in [1.165, 1.54) is 24.3 Å². The number of aldehydes is 1. The number of halogens is 1. The largest absolute Gasteiger partial charge is 0.365 e. The van der Waals surface area contributed by atoms with Crippen LogP contribution in [0, 0.1) is 5.82 Å². The minimum absolute atomic E-state index is 0.302. The molecular weight excluding hydrogens is 493 g/mol. The molecule has 1 amide bonds. The van der Waals surface area contributed by atoms with Crippen molar-refractivity contribution in [3.05, 3.63) is 114 Å². The summed E-state index contributed by atoms with van der Waals surface area (Å²) in [4.78, 5) is 34.7. The Kier molecular flexibility index (Phi) is 7.27. The van der Waals surface area contributed by atoms with Gasteiger partial charge in [0.05, 0.1) is 5.52 Å². The summed E-state index contributed by atoms with van der Waals surface area (Å²) in [6, 6.07) is 26.4. The van der Waals surface area contributed by atoms with Gasteiger partial charge in [-0.25, -0.2) is 9.37 Å². The van der Waals surface area contributed by atoms with E-state index in [0.717, 1.165) is 33.9 Å². The Morgan fingerprint density at radius 1 is 0.872 bits per heavy atom. The quantitative estimate of drug-likeness (QED) is 0.238. The summed E-state index contributed by atoms with van der Waals surface area (Å²) in [5, 5.41) is 7.13. The molecule has 2 N–H and O–H groups in total. The number of amides is 1. The van der Waals surface area contributed by atoms with E-state index in [4.69, 9.17) is 9.97 Å². The molecule has 0 spiro atoms. The maximum absolute atomic E-state index is 13.1. The first-order valence-electron chi connectivity index (χ1n) is 12.3. The summed E-state index contributed by atoms with van der Waals surface area (Å²) in [6.45, 7) is 0.514. The van der Waals surface area contributed by atoms with E-state index in [-0.39, 0.29) is 11.7 Å². The Balaban J connectivity index is 1.33. The molecule has 0 radical (unpaired) electrons. The zero-order valence-corrected chi connectivity index (χ0v) is 21.5. The Morgan fingerprint density at radius 2 is 1.56 bits per heavy atom. The summed E-state index contributed by atoms with van der Waals surface area (Å²) in [5.74, 6) is 0.601. The number of hydrogen-bond donors (Lipinski definition) is 2.